The SMILES string of the molecule is CNC(c1ccc(C2CCC2)cc1)C(C)C(C)C. The molecule has 2 unspecified atom stereocenters. The summed E-state index contributed by atoms with van der Waals surface area (Å²) in [6, 6.07) is 9.81. The highest BCUT2D eigenvalue weighted by Crippen LogP contribution is 2.37. The summed E-state index contributed by atoms with van der Waals surface area (Å²) in [4.78, 5) is 0. The third kappa shape index (κ3) is 2.77. The molecule has 0 bridgehead atoms. The van der Waals surface area contributed by atoms with Crippen LogP contribution in [0.1, 0.15) is 63.1 Å². The van der Waals surface area contributed by atoms with E-state index in [0.29, 0.717) is 17.9 Å². The van der Waals surface area contributed by atoms with E-state index in [2.05, 4.69) is 57.4 Å². The minimum absolute atomic E-state index is 0.473. The van der Waals surface area contributed by atoms with Crippen molar-refractivity contribution in [3.63, 3.8) is 0 Å². The van der Waals surface area contributed by atoms with Crippen LogP contribution in [0.4, 0.5) is 0 Å². The van der Waals surface area contributed by atoms with Gasteiger partial charge in [0.15, 0.2) is 0 Å². The van der Waals surface area contributed by atoms with Crippen LogP contribution >= 0.6 is 0 Å². The summed E-state index contributed by atoms with van der Waals surface area (Å²) in [5, 5.41) is 3.48. The molecule has 0 spiro atoms. The number of rotatable bonds is 5. The Bertz CT molecular complexity index is 362. The quantitative estimate of drug-likeness (QED) is 0.805. The highest BCUT2D eigenvalue weighted by Gasteiger charge is 2.22. The molecule has 2 rings (SSSR count). The second kappa shape index (κ2) is 5.88. The van der Waals surface area contributed by atoms with Gasteiger partial charge in [-0.25, -0.2) is 0 Å². The van der Waals surface area contributed by atoms with Gasteiger partial charge in [0.25, 0.3) is 0 Å². The fourth-order valence-corrected chi connectivity index (χ4v) is 2.84. The summed E-state index contributed by atoms with van der Waals surface area (Å²) in [6.07, 6.45) is 4.18. The van der Waals surface area contributed by atoms with Gasteiger partial charge in [-0.3, -0.25) is 0 Å². The van der Waals surface area contributed by atoms with Crippen LogP contribution in [0, 0.1) is 11.8 Å². The molecule has 1 aromatic rings. The molecule has 0 aliphatic heterocycles. The average molecular weight is 245 g/mol. The van der Waals surface area contributed by atoms with E-state index >= 15 is 0 Å². The molecule has 1 nitrogen and oxygen atoms in total. The van der Waals surface area contributed by atoms with Crippen LogP contribution in [0.2, 0.25) is 0 Å². The van der Waals surface area contributed by atoms with Gasteiger partial charge in [0.2, 0.25) is 0 Å². The lowest BCUT2D eigenvalue weighted by atomic mass is 9.79. The third-order valence-corrected chi connectivity index (χ3v) is 4.76. The van der Waals surface area contributed by atoms with E-state index in [1.807, 2.05) is 0 Å². The van der Waals surface area contributed by atoms with E-state index in [4.69, 9.17) is 0 Å². The summed E-state index contributed by atoms with van der Waals surface area (Å²) in [5.74, 6) is 2.20. The summed E-state index contributed by atoms with van der Waals surface area (Å²) < 4.78 is 0. The van der Waals surface area contributed by atoms with Gasteiger partial charge >= 0.3 is 0 Å². The monoisotopic (exact) mass is 245 g/mol. The minimum atomic E-state index is 0.473. The van der Waals surface area contributed by atoms with Gasteiger partial charge in [-0.1, -0.05) is 51.5 Å². The normalized spacial score (nSPS) is 19.6. The molecule has 1 aliphatic rings. The fourth-order valence-electron chi connectivity index (χ4n) is 2.84. The van der Waals surface area contributed by atoms with Crippen LogP contribution in [0.25, 0.3) is 0 Å². The van der Waals surface area contributed by atoms with Crippen LogP contribution in [0.15, 0.2) is 24.3 Å². The zero-order valence-electron chi connectivity index (χ0n) is 12.2. The fraction of sp³-hybridized carbons (Fsp3) is 0.647. The van der Waals surface area contributed by atoms with Gasteiger partial charge < -0.3 is 5.32 Å². The Morgan fingerprint density at radius 2 is 1.67 bits per heavy atom. The Morgan fingerprint density at radius 1 is 1.06 bits per heavy atom. The summed E-state index contributed by atoms with van der Waals surface area (Å²) in [6.45, 7) is 6.95. The lowest BCUT2D eigenvalue weighted by Crippen LogP contribution is -2.26. The second-order valence-electron chi connectivity index (χ2n) is 6.16. The first kappa shape index (κ1) is 13.6. The predicted molar refractivity (Wildman–Crippen MR) is 78.8 cm³/mol. The number of benzene rings is 1. The van der Waals surface area contributed by atoms with Crippen molar-refractivity contribution in [3.8, 4) is 0 Å². The van der Waals surface area contributed by atoms with Crippen LogP contribution in [0.3, 0.4) is 0 Å². The molecule has 1 heteroatoms. The zero-order valence-corrected chi connectivity index (χ0v) is 12.2. The lowest BCUT2D eigenvalue weighted by molar-refractivity contribution is 0.317. The van der Waals surface area contributed by atoms with Crippen molar-refractivity contribution in [2.75, 3.05) is 7.05 Å². The molecule has 1 fully saturated rings. The first-order valence-electron chi connectivity index (χ1n) is 7.40. The molecular formula is C17H27N. The first-order chi connectivity index (χ1) is 8.63. The van der Waals surface area contributed by atoms with E-state index in [0.717, 1.165) is 5.92 Å². The smallest absolute Gasteiger partial charge is 0.0345 e. The lowest BCUT2D eigenvalue weighted by Gasteiger charge is -2.29. The largest absolute Gasteiger partial charge is 0.313 e. The van der Waals surface area contributed by atoms with Crippen LogP contribution < -0.4 is 5.32 Å². The predicted octanol–water partition coefficient (Wildman–Crippen LogP) is 4.51. The van der Waals surface area contributed by atoms with E-state index in [1.54, 1.807) is 0 Å². The number of hydrogen-bond donors (Lipinski definition) is 1. The molecule has 1 N–H and O–H groups in total. The Hall–Kier alpha value is -0.820. The van der Waals surface area contributed by atoms with Crippen molar-refractivity contribution in [1.82, 2.24) is 5.32 Å². The Morgan fingerprint density at radius 3 is 2.06 bits per heavy atom. The van der Waals surface area contributed by atoms with Crippen molar-refractivity contribution in [2.45, 2.75) is 52.0 Å². The molecule has 2 atom stereocenters. The van der Waals surface area contributed by atoms with Gasteiger partial charge in [0.05, 0.1) is 0 Å². The molecule has 1 aromatic carbocycles. The van der Waals surface area contributed by atoms with Gasteiger partial charge in [0.1, 0.15) is 0 Å². The summed E-state index contributed by atoms with van der Waals surface area (Å²) in [7, 11) is 2.07. The molecule has 1 aliphatic carbocycles. The Kier molecular flexibility index (Phi) is 4.45. The van der Waals surface area contributed by atoms with E-state index < -0.39 is 0 Å². The van der Waals surface area contributed by atoms with E-state index in [1.165, 1.54) is 30.4 Å². The molecule has 1 saturated carbocycles. The maximum Gasteiger partial charge on any atom is 0.0345 e. The third-order valence-electron chi connectivity index (χ3n) is 4.76. The van der Waals surface area contributed by atoms with Crippen molar-refractivity contribution < 1.29 is 0 Å². The van der Waals surface area contributed by atoms with Crippen LogP contribution in [-0.2, 0) is 0 Å². The molecule has 0 aromatic heterocycles. The van der Waals surface area contributed by atoms with Crippen LogP contribution in [-0.4, -0.2) is 7.05 Å². The van der Waals surface area contributed by atoms with Gasteiger partial charge in [0, 0.05) is 6.04 Å². The molecule has 100 valence electrons. The van der Waals surface area contributed by atoms with Gasteiger partial charge in [-0.05, 0) is 48.8 Å². The summed E-state index contributed by atoms with van der Waals surface area (Å²) in [5.41, 5.74) is 2.97. The highest BCUT2D eigenvalue weighted by atomic mass is 14.9. The maximum atomic E-state index is 3.48. The van der Waals surface area contributed by atoms with Crippen molar-refractivity contribution in [1.29, 1.82) is 0 Å². The van der Waals surface area contributed by atoms with E-state index in [9.17, 15) is 0 Å². The standard InChI is InChI=1S/C17H27N/c1-12(2)13(3)17(18-4)16-10-8-15(9-11-16)14-6-5-7-14/h8-14,17-18H,5-7H2,1-4H3. The van der Waals surface area contributed by atoms with Crippen molar-refractivity contribution in [2.24, 2.45) is 11.8 Å². The molecule has 18 heavy (non-hydrogen) atoms. The van der Waals surface area contributed by atoms with Crippen molar-refractivity contribution >= 4 is 0 Å². The molecular weight excluding hydrogens is 218 g/mol. The maximum absolute atomic E-state index is 3.48. The average Bonchev–Trinajstić information content (AvgIpc) is 2.29. The van der Waals surface area contributed by atoms with Gasteiger partial charge in [-0.15, -0.1) is 0 Å². The van der Waals surface area contributed by atoms with E-state index in [-0.39, 0.29) is 0 Å². The topological polar surface area (TPSA) is 12.0 Å². The Labute approximate surface area is 112 Å². The number of nitrogens with one attached hydrogen (secondary N) is 1. The molecule has 0 saturated heterocycles. The zero-order chi connectivity index (χ0) is 13.1. The van der Waals surface area contributed by atoms with Crippen LogP contribution in [0.5, 0.6) is 0 Å². The molecule has 0 heterocycles. The van der Waals surface area contributed by atoms with Crippen molar-refractivity contribution in [3.05, 3.63) is 35.4 Å². The minimum Gasteiger partial charge on any atom is -0.313 e. The summed E-state index contributed by atoms with van der Waals surface area (Å²) >= 11 is 0. The molecule has 0 amide bonds. The molecule has 0 radical (unpaired) electrons. The highest BCUT2D eigenvalue weighted by molar-refractivity contribution is 5.28. The number of hydrogen-bond acceptors (Lipinski definition) is 1. The Balaban J connectivity index is 2.11. The second-order valence-corrected chi connectivity index (χ2v) is 6.16. The first-order valence-corrected chi connectivity index (χ1v) is 7.40. The van der Waals surface area contributed by atoms with Gasteiger partial charge in [-0.2, -0.15) is 0 Å².